The summed E-state index contributed by atoms with van der Waals surface area (Å²) in [7, 11) is 0. The van der Waals surface area contributed by atoms with E-state index in [1.54, 1.807) is 0 Å². The molecule has 1 fully saturated rings. The molecule has 116 valence electrons. The minimum atomic E-state index is -0.442. The van der Waals surface area contributed by atoms with Crippen LogP contribution >= 0.6 is 0 Å². The Morgan fingerprint density at radius 1 is 1.25 bits per heavy atom. The smallest absolute Gasteiger partial charge is 0.243 e. The van der Waals surface area contributed by atoms with E-state index in [-0.39, 0.29) is 23.8 Å². The summed E-state index contributed by atoms with van der Waals surface area (Å²) >= 11 is 0. The number of nitrogens with one attached hydrogen (secondary N) is 3. The summed E-state index contributed by atoms with van der Waals surface area (Å²) in [6.45, 7) is 9.75. The molecule has 2 atom stereocenters. The van der Waals surface area contributed by atoms with E-state index in [1.807, 2.05) is 27.7 Å². The Morgan fingerprint density at radius 3 is 2.45 bits per heavy atom. The summed E-state index contributed by atoms with van der Waals surface area (Å²) in [5, 5.41) is 9.18. The molecule has 1 aliphatic heterocycles. The zero-order chi connectivity index (χ0) is 15.1. The van der Waals surface area contributed by atoms with Crippen molar-refractivity contribution in [3.8, 4) is 0 Å². The monoisotopic (exact) mass is 283 g/mol. The van der Waals surface area contributed by atoms with Crippen molar-refractivity contribution in [3.63, 3.8) is 0 Å². The van der Waals surface area contributed by atoms with Crippen molar-refractivity contribution < 1.29 is 9.59 Å². The number of carbonyl (C=O) groups is 2. The zero-order valence-corrected chi connectivity index (χ0v) is 13.2. The van der Waals surface area contributed by atoms with E-state index in [4.69, 9.17) is 0 Å². The molecule has 2 amide bonds. The van der Waals surface area contributed by atoms with E-state index in [9.17, 15) is 9.59 Å². The number of piperidine rings is 1. The van der Waals surface area contributed by atoms with Gasteiger partial charge in [0.1, 0.15) is 6.04 Å². The molecule has 3 N–H and O–H groups in total. The minimum absolute atomic E-state index is 0.0457. The fourth-order valence-corrected chi connectivity index (χ4v) is 2.40. The molecule has 0 saturated carbocycles. The lowest BCUT2D eigenvalue weighted by Gasteiger charge is -2.28. The molecule has 5 nitrogen and oxygen atoms in total. The highest BCUT2D eigenvalue weighted by Gasteiger charge is 2.26. The van der Waals surface area contributed by atoms with Crippen LogP contribution in [0.25, 0.3) is 0 Å². The summed E-state index contributed by atoms with van der Waals surface area (Å²) in [6.07, 6.45) is 2.54. The van der Waals surface area contributed by atoms with Crippen LogP contribution in [0.2, 0.25) is 0 Å². The predicted molar refractivity (Wildman–Crippen MR) is 80.3 cm³/mol. The second-order valence-corrected chi connectivity index (χ2v) is 6.44. The van der Waals surface area contributed by atoms with Crippen molar-refractivity contribution in [1.29, 1.82) is 0 Å². The molecule has 0 aliphatic carbocycles. The Bertz CT molecular complexity index is 323. The van der Waals surface area contributed by atoms with Crippen molar-refractivity contribution >= 4 is 11.8 Å². The van der Waals surface area contributed by atoms with Crippen molar-refractivity contribution in [2.24, 2.45) is 11.8 Å². The van der Waals surface area contributed by atoms with E-state index in [0.29, 0.717) is 12.3 Å². The topological polar surface area (TPSA) is 70.2 Å². The van der Waals surface area contributed by atoms with Gasteiger partial charge in [0, 0.05) is 19.0 Å². The maximum atomic E-state index is 12.3. The van der Waals surface area contributed by atoms with Crippen LogP contribution in [0.4, 0.5) is 0 Å². The van der Waals surface area contributed by atoms with Crippen LogP contribution in [0.15, 0.2) is 0 Å². The lowest BCUT2D eigenvalue weighted by molar-refractivity contribution is -0.130. The first-order valence-electron chi connectivity index (χ1n) is 7.70. The third-order valence-corrected chi connectivity index (χ3v) is 3.50. The number of rotatable bonds is 6. The predicted octanol–water partition coefficient (Wildman–Crippen LogP) is 1.04. The Kier molecular flexibility index (Phi) is 6.99. The molecular weight excluding hydrogens is 254 g/mol. The fraction of sp³-hybridized carbons (Fsp3) is 0.867. The van der Waals surface area contributed by atoms with Gasteiger partial charge in [-0.3, -0.25) is 9.59 Å². The SMILES string of the molecule is CC(C)CC(=O)NC(C(=O)NC1CCCNC1)C(C)C. The molecular formula is C15H29N3O2. The molecule has 1 aliphatic rings. The highest BCUT2D eigenvalue weighted by molar-refractivity contribution is 5.88. The van der Waals surface area contributed by atoms with Gasteiger partial charge in [-0.2, -0.15) is 0 Å². The summed E-state index contributed by atoms with van der Waals surface area (Å²) in [6, 6.07) is -0.261. The van der Waals surface area contributed by atoms with Gasteiger partial charge in [0.15, 0.2) is 0 Å². The maximum absolute atomic E-state index is 12.3. The normalized spacial score (nSPS) is 20.8. The van der Waals surface area contributed by atoms with Gasteiger partial charge in [-0.05, 0) is 31.2 Å². The molecule has 0 aromatic carbocycles. The van der Waals surface area contributed by atoms with Gasteiger partial charge in [0.05, 0.1) is 0 Å². The second-order valence-electron chi connectivity index (χ2n) is 6.44. The molecule has 0 spiro atoms. The fourth-order valence-electron chi connectivity index (χ4n) is 2.40. The van der Waals surface area contributed by atoms with Gasteiger partial charge in [-0.25, -0.2) is 0 Å². The average molecular weight is 283 g/mol. The Morgan fingerprint density at radius 2 is 1.95 bits per heavy atom. The van der Waals surface area contributed by atoms with E-state index in [1.165, 1.54) is 0 Å². The van der Waals surface area contributed by atoms with Crippen LogP contribution in [-0.2, 0) is 9.59 Å². The van der Waals surface area contributed by atoms with E-state index >= 15 is 0 Å². The van der Waals surface area contributed by atoms with Crippen LogP contribution in [0.3, 0.4) is 0 Å². The third-order valence-electron chi connectivity index (χ3n) is 3.50. The van der Waals surface area contributed by atoms with E-state index in [0.717, 1.165) is 25.9 Å². The minimum Gasteiger partial charge on any atom is -0.350 e. The Hall–Kier alpha value is -1.10. The quantitative estimate of drug-likeness (QED) is 0.682. The van der Waals surface area contributed by atoms with Crippen molar-refractivity contribution in [3.05, 3.63) is 0 Å². The molecule has 0 aromatic heterocycles. The van der Waals surface area contributed by atoms with E-state index in [2.05, 4.69) is 16.0 Å². The molecule has 2 unspecified atom stereocenters. The average Bonchev–Trinajstić information content (AvgIpc) is 2.35. The van der Waals surface area contributed by atoms with Crippen LogP contribution in [-0.4, -0.2) is 37.0 Å². The van der Waals surface area contributed by atoms with Crippen LogP contribution < -0.4 is 16.0 Å². The van der Waals surface area contributed by atoms with Gasteiger partial charge >= 0.3 is 0 Å². The molecule has 20 heavy (non-hydrogen) atoms. The Balaban J connectivity index is 2.51. The largest absolute Gasteiger partial charge is 0.350 e. The van der Waals surface area contributed by atoms with Gasteiger partial charge in [0.25, 0.3) is 0 Å². The van der Waals surface area contributed by atoms with Crippen molar-refractivity contribution in [1.82, 2.24) is 16.0 Å². The van der Waals surface area contributed by atoms with Crippen LogP contribution in [0.1, 0.15) is 47.0 Å². The Labute approximate surface area is 122 Å². The lowest BCUT2D eigenvalue weighted by Crippen LogP contribution is -2.54. The number of hydrogen-bond donors (Lipinski definition) is 3. The summed E-state index contributed by atoms with van der Waals surface area (Å²) in [5.41, 5.74) is 0. The highest BCUT2D eigenvalue weighted by Crippen LogP contribution is 2.07. The second kappa shape index (κ2) is 8.25. The zero-order valence-electron chi connectivity index (χ0n) is 13.2. The standard InChI is InChI=1S/C15H29N3O2/c1-10(2)8-13(19)18-14(11(3)4)15(20)17-12-6-5-7-16-9-12/h10-12,14,16H,5-9H2,1-4H3,(H,17,20)(H,18,19). The molecule has 1 saturated heterocycles. The van der Waals surface area contributed by atoms with Gasteiger partial charge in [0.2, 0.25) is 11.8 Å². The first-order chi connectivity index (χ1) is 9.40. The summed E-state index contributed by atoms with van der Waals surface area (Å²) < 4.78 is 0. The number of amides is 2. The summed E-state index contributed by atoms with van der Waals surface area (Å²) in [4.78, 5) is 24.2. The van der Waals surface area contributed by atoms with Crippen LogP contribution in [0, 0.1) is 11.8 Å². The number of hydrogen-bond acceptors (Lipinski definition) is 3. The molecule has 5 heteroatoms. The van der Waals surface area contributed by atoms with Gasteiger partial charge in [-0.1, -0.05) is 27.7 Å². The van der Waals surface area contributed by atoms with Crippen LogP contribution in [0.5, 0.6) is 0 Å². The van der Waals surface area contributed by atoms with Gasteiger partial charge < -0.3 is 16.0 Å². The molecule has 0 radical (unpaired) electrons. The summed E-state index contributed by atoms with van der Waals surface area (Å²) in [5.74, 6) is 0.275. The van der Waals surface area contributed by atoms with Crippen molar-refractivity contribution in [2.45, 2.75) is 59.0 Å². The highest BCUT2D eigenvalue weighted by atomic mass is 16.2. The first-order valence-corrected chi connectivity index (χ1v) is 7.70. The molecule has 0 aromatic rings. The molecule has 1 heterocycles. The van der Waals surface area contributed by atoms with Crippen molar-refractivity contribution in [2.75, 3.05) is 13.1 Å². The third kappa shape index (κ3) is 5.90. The lowest BCUT2D eigenvalue weighted by atomic mass is 10.0. The number of carbonyl (C=O) groups excluding carboxylic acids is 2. The molecule has 0 bridgehead atoms. The van der Waals surface area contributed by atoms with E-state index < -0.39 is 6.04 Å². The molecule has 1 rings (SSSR count). The van der Waals surface area contributed by atoms with Gasteiger partial charge in [-0.15, -0.1) is 0 Å². The maximum Gasteiger partial charge on any atom is 0.243 e. The first kappa shape index (κ1) is 17.0.